The van der Waals surface area contributed by atoms with Crippen molar-refractivity contribution in [3.05, 3.63) is 59.1 Å². The summed E-state index contributed by atoms with van der Waals surface area (Å²) in [7, 11) is 0. The van der Waals surface area contributed by atoms with E-state index in [-0.39, 0.29) is 6.61 Å². The van der Waals surface area contributed by atoms with Crippen LogP contribution in [0.2, 0.25) is 5.02 Å². The number of para-hydroxylation sites is 1. The van der Waals surface area contributed by atoms with Crippen LogP contribution in [0, 0.1) is 11.3 Å². The minimum Gasteiger partial charge on any atom is -0.479 e. The van der Waals surface area contributed by atoms with Crippen LogP contribution in [0.25, 0.3) is 0 Å². The number of hydrazone groups is 1. The Kier molecular flexibility index (Phi) is 5.19. The summed E-state index contributed by atoms with van der Waals surface area (Å²) >= 11 is 6.05. The molecule has 0 aliphatic carbocycles. The van der Waals surface area contributed by atoms with Crippen LogP contribution in [-0.4, -0.2) is 12.3 Å². The topological polar surface area (TPSA) is 57.4 Å². The van der Waals surface area contributed by atoms with Gasteiger partial charge in [-0.2, -0.15) is 10.4 Å². The fourth-order valence-electron chi connectivity index (χ4n) is 1.67. The standard InChI is InChI=1S/C16H14ClN3O/c1-12(19-20-16-5-3-2-4-15(16)17)13-6-8-14(9-7-13)21-11-10-18/h2-9,20H,11H2,1H3/b19-12-. The summed E-state index contributed by atoms with van der Waals surface area (Å²) in [5, 5.41) is 13.4. The van der Waals surface area contributed by atoms with E-state index in [1.807, 2.05) is 43.3 Å². The molecule has 0 heterocycles. The summed E-state index contributed by atoms with van der Waals surface area (Å²) in [6.45, 7) is 1.94. The largest absolute Gasteiger partial charge is 0.479 e. The predicted octanol–water partition coefficient (Wildman–Crippen LogP) is 4.08. The Balaban J connectivity index is 2.06. The number of hydrogen-bond acceptors (Lipinski definition) is 4. The third-order valence-corrected chi connectivity index (χ3v) is 3.12. The molecule has 1 N–H and O–H groups in total. The molecule has 0 saturated carbocycles. The lowest BCUT2D eigenvalue weighted by Gasteiger charge is -2.06. The van der Waals surface area contributed by atoms with Gasteiger partial charge in [-0.15, -0.1) is 0 Å². The van der Waals surface area contributed by atoms with Crippen LogP contribution in [0.4, 0.5) is 5.69 Å². The summed E-state index contributed by atoms with van der Waals surface area (Å²) in [4.78, 5) is 0. The molecule has 0 unspecified atom stereocenters. The van der Waals surface area contributed by atoms with Crippen molar-refractivity contribution < 1.29 is 4.74 Å². The van der Waals surface area contributed by atoms with Crippen molar-refractivity contribution in [3.8, 4) is 11.8 Å². The van der Waals surface area contributed by atoms with E-state index in [2.05, 4.69) is 10.5 Å². The van der Waals surface area contributed by atoms with Gasteiger partial charge in [0, 0.05) is 0 Å². The molecule has 106 valence electrons. The van der Waals surface area contributed by atoms with Crippen molar-refractivity contribution in [2.75, 3.05) is 12.0 Å². The first-order valence-corrected chi connectivity index (χ1v) is 6.73. The second kappa shape index (κ2) is 7.32. The minimum atomic E-state index is 0.0421. The summed E-state index contributed by atoms with van der Waals surface area (Å²) in [5.74, 6) is 0.659. The number of nitrogens with zero attached hydrogens (tertiary/aromatic N) is 2. The normalized spacial score (nSPS) is 10.8. The molecule has 2 aromatic rings. The van der Waals surface area contributed by atoms with Gasteiger partial charge in [0.05, 0.1) is 16.4 Å². The third kappa shape index (κ3) is 4.23. The second-order valence-corrected chi connectivity index (χ2v) is 4.67. The molecule has 2 rings (SSSR count). The van der Waals surface area contributed by atoms with Crippen LogP contribution in [0.15, 0.2) is 53.6 Å². The molecule has 0 aromatic heterocycles. The van der Waals surface area contributed by atoms with E-state index in [0.29, 0.717) is 10.8 Å². The van der Waals surface area contributed by atoms with Gasteiger partial charge in [0.15, 0.2) is 6.61 Å². The van der Waals surface area contributed by atoms with E-state index in [0.717, 1.165) is 17.0 Å². The highest BCUT2D eigenvalue weighted by atomic mass is 35.5. The first-order valence-electron chi connectivity index (χ1n) is 6.35. The quantitative estimate of drug-likeness (QED) is 0.668. The molecule has 0 atom stereocenters. The van der Waals surface area contributed by atoms with Gasteiger partial charge in [-0.25, -0.2) is 0 Å². The Labute approximate surface area is 128 Å². The number of rotatable bonds is 5. The average Bonchev–Trinajstić information content (AvgIpc) is 2.52. The molecule has 0 spiro atoms. The van der Waals surface area contributed by atoms with Crippen LogP contribution < -0.4 is 10.2 Å². The van der Waals surface area contributed by atoms with Crippen LogP contribution in [0.5, 0.6) is 5.75 Å². The lowest BCUT2D eigenvalue weighted by atomic mass is 10.1. The Bertz CT molecular complexity index is 675. The molecular weight excluding hydrogens is 286 g/mol. The molecule has 0 saturated heterocycles. The molecule has 0 aliphatic rings. The SMILES string of the molecule is C/C(=N/Nc1ccccc1Cl)c1ccc(OCC#N)cc1. The Morgan fingerprint density at radius 1 is 1.24 bits per heavy atom. The Morgan fingerprint density at radius 3 is 2.62 bits per heavy atom. The fraction of sp³-hybridized carbons (Fsp3) is 0.125. The molecular formula is C16H14ClN3O. The van der Waals surface area contributed by atoms with E-state index in [9.17, 15) is 0 Å². The zero-order valence-corrected chi connectivity index (χ0v) is 12.3. The lowest BCUT2D eigenvalue weighted by Crippen LogP contribution is -2.00. The van der Waals surface area contributed by atoms with Gasteiger partial charge in [-0.05, 0) is 48.9 Å². The van der Waals surface area contributed by atoms with E-state index in [4.69, 9.17) is 21.6 Å². The van der Waals surface area contributed by atoms with Gasteiger partial charge in [0.2, 0.25) is 0 Å². The van der Waals surface area contributed by atoms with Crippen molar-refractivity contribution >= 4 is 23.0 Å². The summed E-state index contributed by atoms with van der Waals surface area (Å²) < 4.78 is 5.20. The monoisotopic (exact) mass is 299 g/mol. The van der Waals surface area contributed by atoms with E-state index < -0.39 is 0 Å². The van der Waals surface area contributed by atoms with Crippen molar-refractivity contribution in [1.82, 2.24) is 0 Å². The molecule has 21 heavy (non-hydrogen) atoms. The molecule has 4 nitrogen and oxygen atoms in total. The highest BCUT2D eigenvalue weighted by Gasteiger charge is 2.00. The summed E-state index contributed by atoms with van der Waals surface area (Å²) in [6.07, 6.45) is 0. The number of ether oxygens (including phenoxy) is 1. The highest BCUT2D eigenvalue weighted by Crippen LogP contribution is 2.20. The molecule has 0 fully saturated rings. The number of nitrogens with one attached hydrogen (secondary N) is 1. The number of anilines is 1. The highest BCUT2D eigenvalue weighted by molar-refractivity contribution is 6.33. The predicted molar refractivity (Wildman–Crippen MR) is 84.8 cm³/mol. The lowest BCUT2D eigenvalue weighted by molar-refractivity contribution is 0.368. The van der Waals surface area contributed by atoms with E-state index >= 15 is 0 Å². The maximum atomic E-state index is 8.46. The number of nitriles is 1. The second-order valence-electron chi connectivity index (χ2n) is 4.26. The molecule has 0 bridgehead atoms. The minimum absolute atomic E-state index is 0.0421. The van der Waals surface area contributed by atoms with Gasteiger partial charge in [0.25, 0.3) is 0 Å². The van der Waals surface area contributed by atoms with Gasteiger partial charge in [-0.1, -0.05) is 23.7 Å². The third-order valence-electron chi connectivity index (χ3n) is 2.79. The van der Waals surface area contributed by atoms with Crippen LogP contribution in [-0.2, 0) is 0 Å². The van der Waals surface area contributed by atoms with Crippen LogP contribution >= 0.6 is 11.6 Å². The summed E-state index contributed by atoms with van der Waals surface area (Å²) in [6, 6.07) is 16.7. The number of hydrogen-bond donors (Lipinski definition) is 1. The van der Waals surface area contributed by atoms with Crippen LogP contribution in [0.3, 0.4) is 0 Å². The first-order chi connectivity index (χ1) is 10.2. The zero-order valence-electron chi connectivity index (χ0n) is 11.5. The first kappa shape index (κ1) is 14.9. The number of halogens is 1. The fourth-order valence-corrected chi connectivity index (χ4v) is 1.85. The van der Waals surface area contributed by atoms with Gasteiger partial charge in [-0.3, -0.25) is 5.43 Å². The smallest absolute Gasteiger partial charge is 0.174 e. The van der Waals surface area contributed by atoms with Gasteiger partial charge < -0.3 is 4.74 Å². The van der Waals surface area contributed by atoms with Crippen molar-refractivity contribution in [2.45, 2.75) is 6.92 Å². The Morgan fingerprint density at radius 2 is 1.95 bits per heavy atom. The van der Waals surface area contributed by atoms with Gasteiger partial charge in [0.1, 0.15) is 11.8 Å². The van der Waals surface area contributed by atoms with E-state index in [1.54, 1.807) is 18.2 Å². The van der Waals surface area contributed by atoms with Crippen molar-refractivity contribution in [1.29, 1.82) is 5.26 Å². The molecule has 0 amide bonds. The zero-order chi connectivity index (χ0) is 15.1. The van der Waals surface area contributed by atoms with Gasteiger partial charge >= 0.3 is 0 Å². The molecule has 5 heteroatoms. The van der Waals surface area contributed by atoms with Crippen molar-refractivity contribution in [3.63, 3.8) is 0 Å². The van der Waals surface area contributed by atoms with E-state index in [1.165, 1.54) is 0 Å². The average molecular weight is 300 g/mol. The summed E-state index contributed by atoms with van der Waals surface area (Å²) in [5.41, 5.74) is 5.48. The van der Waals surface area contributed by atoms with Crippen molar-refractivity contribution in [2.24, 2.45) is 5.10 Å². The number of benzene rings is 2. The molecule has 0 aliphatic heterocycles. The molecule has 0 radical (unpaired) electrons. The maximum absolute atomic E-state index is 8.46. The van der Waals surface area contributed by atoms with Crippen LogP contribution in [0.1, 0.15) is 12.5 Å². The maximum Gasteiger partial charge on any atom is 0.174 e. The molecule has 2 aromatic carbocycles. The Hall–Kier alpha value is -2.51.